The van der Waals surface area contributed by atoms with Gasteiger partial charge >= 0.3 is 11.7 Å². The van der Waals surface area contributed by atoms with Gasteiger partial charge in [0.25, 0.3) is 0 Å². The first-order chi connectivity index (χ1) is 7.41. The van der Waals surface area contributed by atoms with Gasteiger partial charge in [-0.3, -0.25) is 14.9 Å². The van der Waals surface area contributed by atoms with Crippen LogP contribution in [0.2, 0.25) is 5.02 Å². The third-order valence-electron chi connectivity index (χ3n) is 1.75. The number of halogens is 1. The van der Waals surface area contributed by atoms with Gasteiger partial charge in [0.1, 0.15) is 6.04 Å². The Bertz CT molecular complexity index is 437. The molecule has 0 bridgehead atoms. The maximum atomic E-state index is 10.6. The summed E-state index contributed by atoms with van der Waals surface area (Å²) in [5.41, 5.74) is -0.361. The lowest BCUT2D eigenvalue weighted by atomic mass is 10.3. The van der Waals surface area contributed by atoms with Gasteiger partial charge in [-0.2, -0.15) is 0 Å². The number of carbonyl (C=O) groups is 1. The van der Waals surface area contributed by atoms with E-state index in [-0.39, 0.29) is 16.5 Å². The normalized spacial score (nSPS) is 11.9. The standard InChI is InChI=1S/C8H8ClN3O4/c1-4(8(13)14)11-7-6(12(15)16)2-5(9)3-10-7/h2-4H,1H3,(H,10,11)(H,13,14)/t4-/m0/s1. The molecular weight excluding hydrogens is 238 g/mol. The van der Waals surface area contributed by atoms with Crippen LogP contribution >= 0.6 is 11.6 Å². The van der Waals surface area contributed by atoms with E-state index in [0.29, 0.717) is 0 Å². The highest BCUT2D eigenvalue weighted by Gasteiger charge is 2.20. The minimum atomic E-state index is -1.13. The van der Waals surface area contributed by atoms with Gasteiger partial charge in [-0.15, -0.1) is 0 Å². The van der Waals surface area contributed by atoms with Gasteiger partial charge in [0.15, 0.2) is 0 Å². The van der Waals surface area contributed by atoms with Crippen LogP contribution in [-0.2, 0) is 4.79 Å². The van der Waals surface area contributed by atoms with Gasteiger partial charge in [-0.25, -0.2) is 4.98 Å². The van der Waals surface area contributed by atoms with Crippen LogP contribution in [0.4, 0.5) is 11.5 Å². The Labute approximate surface area is 95.2 Å². The number of carboxylic acid groups (broad SMARTS) is 1. The van der Waals surface area contributed by atoms with E-state index < -0.39 is 16.9 Å². The molecule has 0 aliphatic carbocycles. The number of nitrogens with one attached hydrogen (secondary N) is 1. The quantitative estimate of drug-likeness (QED) is 0.615. The lowest BCUT2D eigenvalue weighted by Gasteiger charge is -2.09. The number of aliphatic carboxylic acids is 1. The van der Waals surface area contributed by atoms with Crippen molar-refractivity contribution >= 4 is 29.1 Å². The first kappa shape index (κ1) is 12.2. The molecule has 8 heteroatoms. The van der Waals surface area contributed by atoms with Gasteiger partial charge < -0.3 is 10.4 Å². The second kappa shape index (κ2) is 4.75. The van der Waals surface area contributed by atoms with Crippen LogP contribution in [0.25, 0.3) is 0 Å². The van der Waals surface area contributed by atoms with Crippen molar-refractivity contribution < 1.29 is 14.8 Å². The lowest BCUT2D eigenvalue weighted by Crippen LogP contribution is -2.26. The molecule has 16 heavy (non-hydrogen) atoms. The zero-order valence-corrected chi connectivity index (χ0v) is 8.93. The highest BCUT2D eigenvalue weighted by molar-refractivity contribution is 6.30. The van der Waals surface area contributed by atoms with Crippen LogP contribution in [0.15, 0.2) is 12.3 Å². The van der Waals surface area contributed by atoms with Gasteiger partial charge in [0.2, 0.25) is 5.82 Å². The Kier molecular flexibility index (Phi) is 3.62. The maximum Gasteiger partial charge on any atom is 0.325 e. The number of pyridine rings is 1. The van der Waals surface area contributed by atoms with Gasteiger partial charge in [0, 0.05) is 12.3 Å². The molecule has 0 aliphatic heterocycles. The van der Waals surface area contributed by atoms with Crippen molar-refractivity contribution in [2.75, 3.05) is 5.32 Å². The first-order valence-corrected chi connectivity index (χ1v) is 4.59. The first-order valence-electron chi connectivity index (χ1n) is 4.21. The zero-order valence-electron chi connectivity index (χ0n) is 8.18. The highest BCUT2D eigenvalue weighted by atomic mass is 35.5. The monoisotopic (exact) mass is 245 g/mol. The molecule has 1 rings (SSSR count). The Balaban J connectivity index is 3.04. The van der Waals surface area contributed by atoms with Gasteiger partial charge in [-0.05, 0) is 6.92 Å². The average molecular weight is 246 g/mol. The molecule has 0 unspecified atom stereocenters. The summed E-state index contributed by atoms with van der Waals surface area (Å²) in [6, 6.07) is 0.123. The number of aromatic nitrogens is 1. The van der Waals surface area contributed by atoms with Crippen LogP contribution in [-0.4, -0.2) is 27.0 Å². The Morgan fingerprint density at radius 3 is 2.88 bits per heavy atom. The second-order valence-corrected chi connectivity index (χ2v) is 3.42. The Morgan fingerprint density at radius 1 is 1.75 bits per heavy atom. The van der Waals surface area contributed by atoms with Crippen molar-refractivity contribution in [3.63, 3.8) is 0 Å². The number of carboxylic acids is 1. The van der Waals surface area contributed by atoms with Crippen molar-refractivity contribution in [3.8, 4) is 0 Å². The summed E-state index contributed by atoms with van der Waals surface area (Å²) in [5.74, 6) is -1.25. The molecule has 2 N–H and O–H groups in total. The molecule has 0 saturated heterocycles. The third-order valence-corrected chi connectivity index (χ3v) is 1.96. The van der Waals surface area contributed by atoms with Crippen molar-refractivity contribution in [1.82, 2.24) is 4.98 Å². The van der Waals surface area contributed by atoms with Crippen LogP contribution < -0.4 is 5.32 Å². The molecule has 0 amide bonds. The smallest absolute Gasteiger partial charge is 0.325 e. The van der Waals surface area contributed by atoms with Crippen molar-refractivity contribution in [3.05, 3.63) is 27.4 Å². The molecule has 0 saturated carbocycles. The molecule has 1 atom stereocenters. The fourth-order valence-corrected chi connectivity index (χ4v) is 1.10. The maximum absolute atomic E-state index is 10.6. The zero-order chi connectivity index (χ0) is 12.3. The number of rotatable bonds is 4. The molecule has 0 aromatic carbocycles. The van der Waals surface area contributed by atoms with Crippen molar-refractivity contribution in [2.24, 2.45) is 0 Å². The fraction of sp³-hybridized carbons (Fsp3) is 0.250. The number of nitro groups is 1. The Hall–Kier alpha value is -1.89. The van der Waals surface area contributed by atoms with E-state index in [4.69, 9.17) is 16.7 Å². The highest BCUT2D eigenvalue weighted by Crippen LogP contribution is 2.25. The number of anilines is 1. The summed E-state index contributed by atoms with van der Waals surface area (Å²) >= 11 is 5.55. The minimum absolute atomic E-state index is 0.111. The molecule has 86 valence electrons. The minimum Gasteiger partial charge on any atom is -0.480 e. The number of hydrogen-bond donors (Lipinski definition) is 2. The van der Waals surface area contributed by atoms with Gasteiger partial charge in [-0.1, -0.05) is 11.6 Å². The summed E-state index contributed by atoms with van der Waals surface area (Å²) in [6.07, 6.45) is 1.20. The lowest BCUT2D eigenvalue weighted by molar-refractivity contribution is -0.384. The topological polar surface area (TPSA) is 105 Å². The summed E-state index contributed by atoms with van der Waals surface area (Å²) in [5, 5.41) is 21.8. The van der Waals surface area contributed by atoms with Crippen LogP contribution in [0.1, 0.15) is 6.92 Å². The molecule has 7 nitrogen and oxygen atoms in total. The third kappa shape index (κ3) is 2.80. The van der Waals surface area contributed by atoms with Crippen molar-refractivity contribution in [1.29, 1.82) is 0 Å². The molecule has 1 heterocycles. The SMILES string of the molecule is C[C@H](Nc1ncc(Cl)cc1[N+](=O)[O-])C(=O)O. The molecule has 0 fully saturated rings. The predicted molar refractivity (Wildman–Crippen MR) is 56.6 cm³/mol. The molecule has 1 aromatic heterocycles. The number of nitrogens with zero attached hydrogens (tertiary/aromatic N) is 2. The van der Waals surface area contributed by atoms with Crippen LogP contribution in [0.5, 0.6) is 0 Å². The van der Waals surface area contributed by atoms with Gasteiger partial charge in [0.05, 0.1) is 9.95 Å². The summed E-state index contributed by atoms with van der Waals surface area (Å²) in [4.78, 5) is 24.2. The predicted octanol–water partition coefficient (Wildman–Crippen LogP) is 1.53. The van der Waals surface area contributed by atoms with E-state index in [9.17, 15) is 14.9 Å². The molecule has 1 aromatic rings. The van der Waals surface area contributed by atoms with Crippen LogP contribution in [0, 0.1) is 10.1 Å². The fourth-order valence-electron chi connectivity index (χ4n) is 0.946. The van der Waals surface area contributed by atoms with Crippen molar-refractivity contribution in [2.45, 2.75) is 13.0 Å². The van der Waals surface area contributed by atoms with Crippen LogP contribution in [0.3, 0.4) is 0 Å². The molecule has 0 radical (unpaired) electrons. The van der Waals surface area contributed by atoms with E-state index in [1.54, 1.807) is 0 Å². The van der Waals surface area contributed by atoms with E-state index >= 15 is 0 Å². The van der Waals surface area contributed by atoms with E-state index in [0.717, 1.165) is 6.07 Å². The summed E-state index contributed by atoms with van der Waals surface area (Å²) in [6.45, 7) is 1.35. The van der Waals surface area contributed by atoms with E-state index in [1.165, 1.54) is 13.1 Å². The molecule has 0 spiro atoms. The molecular formula is C8H8ClN3O4. The number of hydrogen-bond acceptors (Lipinski definition) is 5. The van der Waals surface area contributed by atoms with E-state index in [1.807, 2.05) is 0 Å². The summed E-state index contributed by atoms with van der Waals surface area (Å²) in [7, 11) is 0. The average Bonchev–Trinajstić information content (AvgIpc) is 2.20. The molecule has 0 aliphatic rings. The summed E-state index contributed by atoms with van der Waals surface area (Å²) < 4.78 is 0. The van der Waals surface area contributed by atoms with E-state index in [2.05, 4.69) is 10.3 Å². The second-order valence-electron chi connectivity index (χ2n) is 2.98. The largest absolute Gasteiger partial charge is 0.480 e. The Morgan fingerprint density at radius 2 is 2.38 bits per heavy atom.